The van der Waals surface area contributed by atoms with Crippen molar-refractivity contribution in [1.29, 1.82) is 0 Å². The lowest BCUT2D eigenvalue weighted by molar-refractivity contribution is 0.208. The van der Waals surface area contributed by atoms with Crippen LogP contribution in [0, 0.1) is 0 Å². The Labute approximate surface area is 118 Å². The highest BCUT2D eigenvalue weighted by molar-refractivity contribution is 5.54. The molecule has 20 heavy (non-hydrogen) atoms. The van der Waals surface area contributed by atoms with Gasteiger partial charge in [-0.1, -0.05) is 30.3 Å². The van der Waals surface area contributed by atoms with Crippen molar-refractivity contribution >= 4 is 0 Å². The Balaban J connectivity index is 2.54. The maximum absolute atomic E-state index is 10.6. The molecule has 0 spiro atoms. The van der Waals surface area contributed by atoms with Gasteiger partial charge < -0.3 is 19.3 Å². The molecular formula is C16H18O4. The lowest BCUT2D eigenvalue weighted by atomic mass is 9.99. The molecule has 0 aliphatic heterocycles. The largest absolute Gasteiger partial charge is 0.496 e. The summed E-state index contributed by atoms with van der Waals surface area (Å²) in [7, 11) is 4.67. The average molecular weight is 274 g/mol. The van der Waals surface area contributed by atoms with Crippen LogP contribution in [-0.4, -0.2) is 26.4 Å². The van der Waals surface area contributed by atoms with Gasteiger partial charge in [0.25, 0.3) is 0 Å². The summed E-state index contributed by atoms with van der Waals surface area (Å²) in [5.41, 5.74) is 1.36. The minimum Gasteiger partial charge on any atom is -0.496 e. The van der Waals surface area contributed by atoms with Gasteiger partial charge in [-0.3, -0.25) is 0 Å². The zero-order chi connectivity index (χ0) is 14.5. The molecule has 0 heterocycles. The first-order valence-electron chi connectivity index (χ1n) is 6.24. The third kappa shape index (κ3) is 2.70. The van der Waals surface area contributed by atoms with Gasteiger partial charge in [-0.15, -0.1) is 0 Å². The zero-order valence-electron chi connectivity index (χ0n) is 11.8. The third-order valence-corrected chi connectivity index (χ3v) is 3.14. The van der Waals surface area contributed by atoms with Gasteiger partial charge in [0.1, 0.15) is 23.4 Å². The summed E-state index contributed by atoms with van der Waals surface area (Å²) in [4.78, 5) is 0. The maximum Gasteiger partial charge on any atom is 0.132 e. The second kappa shape index (κ2) is 6.30. The Morgan fingerprint density at radius 3 is 1.85 bits per heavy atom. The molecule has 0 aromatic heterocycles. The second-order valence-electron chi connectivity index (χ2n) is 4.26. The molecule has 0 saturated heterocycles. The summed E-state index contributed by atoms with van der Waals surface area (Å²) in [5, 5.41) is 10.6. The summed E-state index contributed by atoms with van der Waals surface area (Å²) in [5.74, 6) is 1.66. The van der Waals surface area contributed by atoms with Crippen LogP contribution in [0.5, 0.6) is 17.2 Å². The van der Waals surface area contributed by atoms with Crippen LogP contribution in [0.15, 0.2) is 42.5 Å². The van der Waals surface area contributed by atoms with E-state index in [1.54, 1.807) is 33.5 Å². The van der Waals surface area contributed by atoms with Crippen molar-refractivity contribution in [3.05, 3.63) is 53.6 Å². The van der Waals surface area contributed by atoms with Crippen LogP contribution < -0.4 is 14.2 Å². The fourth-order valence-corrected chi connectivity index (χ4v) is 2.10. The first-order chi connectivity index (χ1) is 9.71. The van der Waals surface area contributed by atoms with Crippen molar-refractivity contribution in [3.63, 3.8) is 0 Å². The number of ether oxygens (including phenoxy) is 3. The standard InChI is InChI=1S/C16H18O4/c1-18-12-9-13(19-2)15(14(10-12)20-3)16(17)11-7-5-4-6-8-11/h4-10,16-17H,1-3H3. The summed E-state index contributed by atoms with van der Waals surface area (Å²) in [6.45, 7) is 0. The van der Waals surface area contributed by atoms with E-state index in [2.05, 4.69) is 0 Å². The molecule has 0 radical (unpaired) electrons. The predicted octanol–water partition coefficient (Wildman–Crippen LogP) is 2.79. The Hall–Kier alpha value is -2.20. The fourth-order valence-electron chi connectivity index (χ4n) is 2.10. The topological polar surface area (TPSA) is 47.9 Å². The molecule has 4 heteroatoms. The summed E-state index contributed by atoms with van der Waals surface area (Å²) >= 11 is 0. The molecule has 1 unspecified atom stereocenters. The number of hydrogen-bond donors (Lipinski definition) is 1. The van der Waals surface area contributed by atoms with Gasteiger partial charge in [-0.25, -0.2) is 0 Å². The van der Waals surface area contributed by atoms with E-state index >= 15 is 0 Å². The van der Waals surface area contributed by atoms with Crippen molar-refractivity contribution in [3.8, 4) is 17.2 Å². The molecule has 0 saturated carbocycles. The third-order valence-electron chi connectivity index (χ3n) is 3.14. The van der Waals surface area contributed by atoms with Gasteiger partial charge in [-0.05, 0) is 5.56 Å². The van der Waals surface area contributed by atoms with E-state index in [1.807, 2.05) is 30.3 Å². The molecule has 1 atom stereocenters. The monoisotopic (exact) mass is 274 g/mol. The van der Waals surface area contributed by atoms with Crippen molar-refractivity contribution < 1.29 is 19.3 Å². The van der Waals surface area contributed by atoms with E-state index in [9.17, 15) is 5.11 Å². The summed E-state index contributed by atoms with van der Waals surface area (Å²) in [6, 6.07) is 12.8. The highest BCUT2D eigenvalue weighted by Gasteiger charge is 2.21. The predicted molar refractivity (Wildman–Crippen MR) is 76.6 cm³/mol. The number of aliphatic hydroxyl groups excluding tert-OH is 1. The molecule has 0 bridgehead atoms. The quantitative estimate of drug-likeness (QED) is 0.910. The molecular weight excluding hydrogens is 256 g/mol. The van der Waals surface area contributed by atoms with E-state index in [0.29, 0.717) is 22.8 Å². The highest BCUT2D eigenvalue weighted by Crippen LogP contribution is 2.40. The van der Waals surface area contributed by atoms with Crippen molar-refractivity contribution in [2.75, 3.05) is 21.3 Å². The Bertz CT molecular complexity index is 541. The van der Waals surface area contributed by atoms with E-state index in [4.69, 9.17) is 14.2 Å². The number of hydrogen-bond acceptors (Lipinski definition) is 4. The SMILES string of the molecule is COc1cc(OC)c(C(O)c2ccccc2)c(OC)c1. The van der Waals surface area contributed by atoms with Crippen LogP contribution in [0.1, 0.15) is 17.2 Å². The van der Waals surface area contributed by atoms with Crippen LogP contribution in [0.25, 0.3) is 0 Å². The minimum atomic E-state index is -0.827. The maximum atomic E-state index is 10.6. The minimum absolute atomic E-state index is 0.526. The zero-order valence-corrected chi connectivity index (χ0v) is 11.8. The lowest BCUT2D eigenvalue weighted by Gasteiger charge is -2.19. The average Bonchev–Trinajstić information content (AvgIpc) is 2.53. The van der Waals surface area contributed by atoms with Gasteiger partial charge in [-0.2, -0.15) is 0 Å². The normalized spacial score (nSPS) is 11.8. The van der Waals surface area contributed by atoms with Gasteiger partial charge in [0, 0.05) is 12.1 Å². The van der Waals surface area contributed by atoms with Crippen molar-refractivity contribution in [1.82, 2.24) is 0 Å². The lowest BCUT2D eigenvalue weighted by Crippen LogP contribution is -2.05. The van der Waals surface area contributed by atoms with E-state index in [1.165, 1.54) is 0 Å². The number of methoxy groups -OCH3 is 3. The fraction of sp³-hybridized carbons (Fsp3) is 0.250. The van der Waals surface area contributed by atoms with E-state index in [-0.39, 0.29) is 0 Å². The van der Waals surface area contributed by atoms with Crippen LogP contribution in [0.4, 0.5) is 0 Å². The molecule has 106 valence electrons. The Morgan fingerprint density at radius 1 is 0.850 bits per heavy atom. The van der Waals surface area contributed by atoms with Gasteiger partial charge >= 0.3 is 0 Å². The smallest absolute Gasteiger partial charge is 0.132 e. The van der Waals surface area contributed by atoms with Gasteiger partial charge in [0.05, 0.1) is 26.9 Å². The van der Waals surface area contributed by atoms with Crippen LogP contribution >= 0.6 is 0 Å². The highest BCUT2D eigenvalue weighted by atomic mass is 16.5. The molecule has 4 nitrogen and oxygen atoms in total. The van der Waals surface area contributed by atoms with Crippen molar-refractivity contribution in [2.45, 2.75) is 6.10 Å². The van der Waals surface area contributed by atoms with E-state index < -0.39 is 6.10 Å². The summed E-state index contributed by atoms with van der Waals surface area (Å²) in [6.07, 6.45) is -0.827. The molecule has 1 N–H and O–H groups in total. The number of rotatable bonds is 5. The molecule has 0 amide bonds. The molecule has 2 rings (SSSR count). The first-order valence-corrected chi connectivity index (χ1v) is 6.24. The van der Waals surface area contributed by atoms with Crippen molar-refractivity contribution in [2.24, 2.45) is 0 Å². The molecule has 0 aliphatic rings. The summed E-state index contributed by atoms with van der Waals surface area (Å²) < 4.78 is 15.9. The Morgan fingerprint density at radius 2 is 1.40 bits per heavy atom. The number of benzene rings is 2. The second-order valence-corrected chi connectivity index (χ2v) is 4.26. The van der Waals surface area contributed by atoms with Crippen LogP contribution in [-0.2, 0) is 0 Å². The van der Waals surface area contributed by atoms with E-state index in [0.717, 1.165) is 5.56 Å². The molecule has 0 fully saturated rings. The van der Waals surface area contributed by atoms with Gasteiger partial charge in [0.15, 0.2) is 0 Å². The van der Waals surface area contributed by atoms with Crippen LogP contribution in [0.3, 0.4) is 0 Å². The molecule has 0 aliphatic carbocycles. The molecule has 2 aromatic rings. The first kappa shape index (κ1) is 14.2. The Kier molecular flexibility index (Phi) is 4.48. The van der Waals surface area contributed by atoms with Crippen LogP contribution in [0.2, 0.25) is 0 Å². The number of aliphatic hydroxyl groups is 1. The molecule has 2 aromatic carbocycles. The van der Waals surface area contributed by atoms with Gasteiger partial charge in [0.2, 0.25) is 0 Å².